The van der Waals surface area contributed by atoms with Gasteiger partial charge in [-0.3, -0.25) is 4.79 Å². The van der Waals surface area contributed by atoms with Crippen molar-refractivity contribution in [2.45, 2.75) is 22.8 Å². The van der Waals surface area contributed by atoms with Gasteiger partial charge in [0.05, 0.1) is 5.02 Å². The van der Waals surface area contributed by atoms with Crippen molar-refractivity contribution in [3.63, 3.8) is 0 Å². The Morgan fingerprint density at radius 1 is 1.24 bits per heavy atom. The molecule has 0 spiro atoms. The van der Waals surface area contributed by atoms with Gasteiger partial charge in [0.25, 0.3) is 0 Å². The lowest BCUT2D eigenvalue weighted by molar-refractivity contribution is -0.117. The summed E-state index contributed by atoms with van der Waals surface area (Å²) in [6.45, 7) is 2.07. The van der Waals surface area contributed by atoms with E-state index in [0.717, 1.165) is 21.0 Å². The summed E-state index contributed by atoms with van der Waals surface area (Å²) in [5.74, 6) is -0.0402. The predicted molar refractivity (Wildman–Crippen MR) is 87.2 cm³/mol. The minimum atomic E-state index is -0.324. The fraction of sp³-hybridized carbons (Fsp3) is 0.188. The number of carbonyl (C=O) groups is 1. The summed E-state index contributed by atoms with van der Waals surface area (Å²) in [6.07, 6.45) is 0. The van der Waals surface area contributed by atoms with Crippen LogP contribution in [0.15, 0.2) is 46.2 Å². The second kappa shape index (κ2) is 5.72. The number of fused-ring (bicyclic) bond motifs is 1. The molecular formula is C16H15ClN2OS. The molecule has 1 unspecified atom stereocenters. The van der Waals surface area contributed by atoms with Crippen LogP contribution in [-0.4, -0.2) is 13.0 Å². The molecule has 1 aliphatic rings. The number of rotatable bonds is 3. The van der Waals surface area contributed by atoms with E-state index in [1.165, 1.54) is 5.56 Å². The summed E-state index contributed by atoms with van der Waals surface area (Å²) in [4.78, 5) is 14.0. The van der Waals surface area contributed by atoms with E-state index in [9.17, 15) is 4.79 Å². The van der Waals surface area contributed by atoms with Gasteiger partial charge in [0.2, 0.25) is 5.91 Å². The molecule has 0 aromatic heterocycles. The molecule has 3 rings (SSSR count). The number of benzene rings is 2. The molecule has 0 aliphatic carbocycles. The molecule has 1 atom stereocenters. The highest BCUT2D eigenvalue weighted by Gasteiger charge is 2.30. The van der Waals surface area contributed by atoms with Crippen LogP contribution in [0.1, 0.15) is 17.2 Å². The fourth-order valence-corrected chi connectivity index (χ4v) is 3.65. The zero-order chi connectivity index (χ0) is 15.0. The van der Waals surface area contributed by atoms with Gasteiger partial charge >= 0.3 is 0 Å². The van der Waals surface area contributed by atoms with Gasteiger partial charge in [-0.1, -0.05) is 41.6 Å². The summed E-state index contributed by atoms with van der Waals surface area (Å²) < 4.78 is 0. The molecule has 21 heavy (non-hydrogen) atoms. The topological polar surface area (TPSA) is 41.1 Å². The lowest BCUT2D eigenvalue weighted by Gasteiger charge is -2.11. The normalized spacial score (nSPS) is 16.7. The highest BCUT2D eigenvalue weighted by molar-refractivity contribution is 7.99. The van der Waals surface area contributed by atoms with Crippen LogP contribution in [-0.2, 0) is 4.79 Å². The SMILES string of the molecule is CNC1C(=O)Nc2cc(Sc3ccccc3C)c(Cl)cc21. The molecule has 0 saturated carbocycles. The van der Waals surface area contributed by atoms with Crippen molar-refractivity contribution in [3.8, 4) is 0 Å². The first-order chi connectivity index (χ1) is 10.1. The number of nitrogens with one attached hydrogen (secondary N) is 2. The van der Waals surface area contributed by atoms with Crippen LogP contribution in [0.3, 0.4) is 0 Å². The number of likely N-dealkylation sites (N-methyl/N-ethyl adjacent to an activating group) is 1. The maximum absolute atomic E-state index is 11.9. The Labute approximate surface area is 133 Å². The monoisotopic (exact) mass is 318 g/mol. The molecule has 0 saturated heterocycles. The van der Waals surface area contributed by atoms with Gasteiger partial charge < -0.3 is 10.6 Å². The van der Waals surface area contributed by atoms with Crippen molar-refractivity contribution in [1.29, 1.82) is 0 Å². The molecule has 5 heteroatoms. The molecule has 2 N–H and O–H groups in total. The number of amides is 1. The summed E-state index contributed by atoms with van der Waals surface area (Å²) in [5.41, 5.74) is 2.94. The number of halogens is 1. The van der Waals surface area contributed by atoms with Gasteiger partial charge in [-0.05, 0) is 37.7 Å². The minimum Gasteiger partial charge on any atom is -0.324 e. The van der Waals surface area contributed by atoms with Crippen LogP contribution in [0, 0.1) is 6.92 Å². The third-order valence-corrected chi connectivity index (χ3v) is 5.20. The van der Waals surface area contributed by atoms with E-state index in [1.807, 2.05) is 24.3 Å². The van der Waals surface area contributed by atoms with Crippen LogP contribution < -0.4 is 10.6 Å². The van der Waals surface area contributed by atoms with Crippen molar-refractivity contribution < 1.29 is 4.79 Å². The quantitative estimate of drug-likeness (QED) is 0.898. The van der Waals surface area contributed by atoms with Crippen LogP contribution in [0.2, 0.25) is 5.02 Å². The summed E-state index contributed by atoms with van der Waals surface area (Å²) in [5, 5.41) is 6.56. The lowest BCUT2D eigenvalue weighted by Crippen LogP contribution is -2.23. The second-order valence-corrected chi connectivity index (χ2v) is 6.44. The average molecular weight is 319 g/mol. The van der Waals surface area contributed by atoms with Crippen molar-refractivity contribution in [2.75, 3.05) is 12.4 Å². The van der Waals surface area contributed by atoms with Crippen LogP contribution >= 0.6 is 23.4 Å². The average Bonchev–Trinajstić information content (AvgIpc) is 2.76. The molecule has 0 radical (unpaired) electrons. The minimum absolute atomic E-state index is 0.0402. The highest BCUT2D eigenvalue weighted by atomic mass is 35.5. The Hall–Kier alpha value is -1.49. The second-order valence-electron chi connectivity index (χ2n) is 4.95. The Balaban J connectivity index is 1.98. The number of anilines is 1. The van der Waals surface area contributed by atoms with Gasteiger partial charge in [0.15, 0.2) is 0 Å². The Bertz CT molecular complexity index is 717. The van der Waals surface area contributed by atoms with Gasteiger partial charge in [-0.2, -0.15) is 0 Å². The lowest BCUT2D eigenvalue weighted by atomic mass is 10.1. The van der Waals surface area contributed by atoms with Crippen molar-refractivity contribution >= 4 is 35.0 Å². The number of carbonyl (C=O) groups excluding carboxylic acids is 1. The van der Waals surface area contributed by atoms with E-state index >= 15 is 0 Å². The van der Waals surface area contributed by atoms with Crippen molar-refractivity contribution in [3.05, 3.63) is 52.5 Å². The zero-order valence-corrected chi connectivity index (χ0v) is 13.3. The molecule has 1 aliphatic heterocycles. The smallest absolute Gasteiger partial charge is 0.246 e. The number of aryl methyl sites for hydroxylation is 1. The number of hydrogen-bond acceptors (Lipinski definition) is 3. The molecule has 0 fully saturated rings. The van der Waals surface area contributed by atoms with Gasteiger partial charge in [0, 0.05) is 21.0 Å². The molecule has 0 bridgehead atoms. The van der Waals surface area contributed by atoms with E-state index in [4.69, 9.17) is 11.6 Å². The first-order valence-corrected chi connectivity index (χ1v) is 7.84. The van der Waals surface area contributed by atoms with E-state index in [1.54, 1.807) is 18.8 Å². The summed E-state index contributed by atoms with van der Waals surface area (Å²) in [6, 6.07) is 11.7. The van der Waals surface area contributed by atoms with Crippen LogP contribution in [0.4, 0.5) is 5.69 Å². The maximum Gasteiger partial charge on any atom is 0.246 e. The largest absolute Gasteiger partial charge is 0.324 e. The molecule has 3 nitrogen and oxygen atoms in total. The predicted octanol–water partition coefficient (Wildman–Crippen LogP) is 4.01. The van der Waals surface area contributed by atoms with Gasteiger partial charge in [-0.15, -0.1) is 0 Å². The Morgan fingerprint density at radius 3 is 2.71 bits per heavy atom. The molecule has 2 aromatic carbocycles. The highest BCUT2D eigenvalue weighted by Crippen LogP contribution is 2.41. The molecule has 1 heterocycles. The van der Waals surface area contributed by atoms with Crippen molar-refractivity contribution in [2.24, 2.45) is 0 Å². The molecule has 2 aromatic rings. The van der Waals surface area contributed by atoms with E-state index in [-0.39, 0.29) is 11.9 Å². The van der Waals surface area contributed by atoms with Crippen LogP contribution in [0.25, 0.3) is 0 Å². The standard InChI is InChI=1S/C16H15ClN2OS/c1-9-5-3-4-6-13(9)21-14-8-12-10(7-11(14)17)15(18-2)16(20)19-12/h3-8,15,18H,1-2H3,(H,19,20). The first-order valence-electron chi connectivity index (χ1n) is 6.65. The molecular weight excluding hydrogens is 304 g/mol. The number of hydrogen-bond donors (Lipinski definition) is 2. The third kappa shape index (κ3) is 2.67. The van der Waals surface area contributed by atoms with Crippen molar-refractivity contribution in [1.82, 2.24) is 5.32 Å². The molecule has 108 valence electrons. The first kappa shape index (κ1) is 14.4. The van der Waals surface area contributed by atoms with E-state index in [0.29, 0.717) is 5.02 Å². The third-order valence-electron chi connectivity index (χ3n) is 3.54. The maximum atomic E-state index is 11.9. The van der Waals surface area contributed by atoms with Gasteiger partial charge in [0.1, 0.15) is 6.04 Å². The Morgan fingerprint density at radius 2 is 2.00 bits per heavy atom. The van der Waals surface area contributed by atoms with E-state index < -0.39 is 0 Å². The van der Waals surface area contributed by atoms with Gasteiger partial charge in [-0.25, -0.2) is 0 Å². The van der Waals surface area contributed by atoms with Crippen LogP contribution in [0.5, 0.6) is 0 Å². The Kier molecular flexibility index (Phi) is 3.93. The van der Waals surface area contributed by atoms with E-state index in [2.05, 4.69) is 29.7 Å². The fourth-order valence-electron chi connectivity index (χ4n) is 2.42. The molecule has 1 amide bonds. The summed E-state index contributed by atoms with van der Waals surface area (Å²) >= 11 is 8.01. The summed E-state index contributed by atoms with van der Waals surface area (Å²) in [7, 11) is 1.77. The zero-order valence-electron chi connectivity index (χ0n) is 11.7.